The Balaban J connectivity index is 1.65. The third kappa shape index (κ3) is 3.22. The zero-order chi connectivity index (χ0) is 20.3. The van der Waals surface area contributed by atoms with E-state index in [1.165, 1.54) is 16.8 Å². The van der Waals surface area contributed by atoms with Crippen molar-refractivity contribution in [2.75, 3.05) is 0 Å². The number of nitrogens with zero attached hydrogens (tertiary/aromatic N) is 5. The normalized spacial score (nSPS) is 19.6. The molecular weight excluding hydrogens is 392 g/mol. The van der Waals surface area contributed by atoms with Crippen molar-refractivity contribution in [1.82, 2.24) is 24.6 Å². The van der Waals surface area contributed by atoms with Gasteiger partial charge in [0.2, 0.25) is 0 Å². The molecule has 3 heterocycles. The number of hydrogen-bond donors (Lipinski definition) is 0. The predicted molar refractivity (Wildman–Crippen MR) is 82.4 cm³/mol. The Morgan fingerprint density at radius 2 is 1.93 bits per heavy atom. The minimum atomic E-state index is -4.67. The molecule has 3 aromatic heterocycles. The first-order valence-electron chi connectivity index (χ1n) is 8.04. The first-order valence-corrected chi connectivity index (χ1v) is 8.04. The molecule has 28 heavy (non-hydrogen) atoms. The summed E-state index contributed by atoms with van der Waals surface area (Å²) in [7, 11) is 0. The zero-order valence-corrected chi connectivity index (χ0v) is 14.1. The summed E-state index contributed by atoms with van der Waals surface area (Å²) in [6.45, 7) is 0.728. The molecule has 0 N–H and O–H groups in total. The first kappa shape index (κ1) is 18.4. The summed E-state index contributed by atoms with van der Waals surface area (Å²) in [6.07, 6.45) is -3.57. The van der Waals surface area contributed by atoms with Crippen molar-refractivity contribution in [3.63, 3.8) is 0 Å². The number of hydrogen-bond acceptors (Lipinski definition) is 5. The van der Waals surface area contributed by atoms with E-state index < -0.39 is 35.8 Å². The van der Waals surface area contributed by atoms with Crippen LogP contribution in [0.1, 0.15) is 25.1 Å². The molecule has 0 bridgehead atoms. The van der Waals surface area contributed by atoms with Gasteiger partial charge in [0.15, 0.2) is 17.6 Å². The molecule has 0 amide bonds. The van der Waals surface area contributed by atoms with Gasteiger partial charge in [-0.15, -0.1) is 10.2 Å². The summed E-state index contributed by atoms with van der Waals surface area (Å²) in [6, 6.07) is 0.898. The number of pyridine rings is 1. The highest BCUT2D eigenvalue weighted by molar-refractivity contribution is 5.59. The second-order valence-corrected chi connectivity index (χ2v) is 6.39. The Morgan fingerprint density at radius 1 is 1.21 bits per heavy atom. The Kier molecular flexibility index (Phi) is 3.98. The number of aromatic nitrogens is 5. The monoisotopic (exact) mass is 403 g/mol. The predicted octanol–water partition coefficient (Wildman–Crippen LogP) is 3.78. The average Bonchev–Trinajstić information content (AvgIpc) is 3.06. The summed E-state index contributed by atoms with van der Waals surface area (Å²) in [5.41, 5.74) is 0.502. The highest BCUT2D eigenvalue weighted by Crippen LogP contribution is 2.55. The molecule has 1 aliphatic rings. The lowest BCUT2D eigenvalue weighted by atomic mass is 10.2. The molecule has 148 valence electrons. The molecule has 0 saturated heterocycles. The van der Waals surface area contributed by atoms with Gasteiger partial charge in [-0.2, -0.15) is 13.2 Å². The molecule has 1 aliphatic carbocycles. The van der Waals surface area contributed by atoms with E-state index in [0.29, 0.717) is 0 Å². The third-order valence-electron chi connectivity index (χ3n) is 4.31. The fourth-order valence-corrected chi connectivity index (χ4v) is 2.59. The van der Waals surface area contributed by atoms with E-state index in [1.54, 1.807) is 0 Å². The van der Waals surface area contributed by atoms with Gasteiger partial charge in [0.1, 0.15) is 5.82 Å². The second kappa shape index (κ2) is 6.04. The molecule has 1 saturated carbocycles. The molecule has 0 aliphatic heterocycles. The van der Waals surface area contributed by atoms with Crippen LogP contribution in [-0.4, -0.2) is 42.8 Å². The maximum atomic E-state index is 14.1. The van der Waals surface area contributed by atoms with Crippen molar-refractivity contribution in [3.05, 3.63) is 36.3 Å². The van der Waals surface area contributed by atoms with E-state index in [1.807, 2.05) is 0 Å². The molecule has 1 fully saturated rings. The quantitative estimate of drug-likeness (QED) is 0.621. The van der Waals surface area contributed by atoms with Gasteiger partial charge in [-0.25, -0.2) is 18.2 Å². The molecule has 3 aromatic rings. The Hall–Kier alpha value is -2.92. The van der Waals surface area contributed by atoms with Crippen molar-refractivity contribution in [1.29, 1.82) is 0 Å². The van der Waals surface area contributed by atoms with Crippen LogP contribution < -0.4 is 4.74 Å². The van der Waals surface area contributed by atoms with Crippen LogP contribution >= 0.6 is 0 Å². The number of rotatable bonds is 4. The van der Waals surface area contributed by atoms with Crippen LogP contribution in [0.2, 0.25) is 0 Å². The van der Waals surface area contributed by atoms with Crippen LogP contribution in [-0.2, 0) is 0 Å². The van der Waals surface area contributed by atoms with Gasteiger partial charge in [-0.1, -0.05) is 0 Å². The van der Waals surface area contributed by atoms with Gasteiger partial charge in [0.25, 0.3) is 11.8 Å². The van der Waals surface area contributed by atoms with Crippen molar-refractivity contribution in [2.45, 2.75) is 37.5 Å². The lowest BCUT2D eigenvalue weighted by Gasteiger charge is -2.17. The van der Waals surface area contributed by atoms with E-state index in [9.17, 15) is 26.3 Å². The SMILES string of the molecule is CC(Oc1ncc(-c2cn3c([C@@H]4CC4(F)F)nnc3cn2)cc1F)C(F)(F)F. The first-order chi connectivity index (χ1) is 13.1. The lowest BCUT2D eigenvalue weighted by molar-refractivity contribution is -0.190. The van der Waals surface area contributed by atoms with Crippen molar-refractivity contribution in [3.8, 4) is 17.1 Å². The van der Waals surface area contributed by atoms with Crippen LogP contribution in [0, 0.1) is 5.82 Å². The molecule has 6 nitrogen and oxygen atoms in total. The molecule has 4 rings (SSSR count). The number of alkyl halides is 5. The van der Waals surface area contributed by atoms with E-state index in [0.717, 1.165) is 19.2 Å². The van der Waals surface area contributed by atoms with Crippen LogP contribution in [0.5, 0.6) is 5.88 Å². The van der Waals surface area contributed by atoms with E-state index in [-0.39, 0.29) is 29.1 Å². The largest absolute Gasteiger partial charge is 0.463 e. The molecule has 0 spiro atoms. The van der Waals surface area contributed by atoms with Crippen molar-refractivity contribution in [2.24, 2.45) is 0 Å². The number of ether oxygens (including phenoxy) is 1. The second-order valence-electron chi connectivity index (χ2n) is 6.39. The standard InChI is InChI=1S/C16H11F6N5O/c1-7(16(20,21)22)28-14-10(17)2-8(4-24-14)11-6-27-12(5-23-11)25-26-13(27)9-3-15(9,18)19/h2,4-7,9H,3H2,1H3/t7?,9-/m0/s1. The van der Waals surface area contributed by atoms with E-state index in [2.05, 4.69) is 24.9 Å². The number of fused-ring (bicyclic) bond motifs is 1. The van der Waals surface area contributed by atoms with Gasteiger partial charge >= 0.3 is 6.18 Å². The van der Waals surface area contributed by atoms with Gasteiger partial charge in [0, 0.05) is 24.4 Å². The Labute approximate surface area is 153 Å². The maximum Gasteiger partial charge on any atom is 0.425 e. The minimum absolute atomic E-state index is 0.0519. The van der Waals surface area contributed by atoms with Gasteiger partial charge in [-0.3, -0.25) is 9.38 Å². The highest BCUT2D eigenvalue weighted by atomic mass is 19.4. The van der Waals surface area contributed by atoms with Gasteiger partial charge in [0.05, 0.1) is 17.8 Å². The topological polar surface area (TPSA) is 65.2 Å². The average molecular weight is 403 g/mol. The third-order valence-corrected chi connectivity index (χ3v) is 4.31. The van der Waals surface area contributed by atoms with Crippen LogP contribution in [0.3, 0.4) is 0 Å². The van der Waals surface area contributed by atoms with E-state index >= 15 is 0 Å². The van der Waals surface area contributed by atoms with Crippen LogP contribution in [0.15, 0.2) is 24.7 Å². The lowest BCUT2D eigenvalue weighted by Crippen LogP contribution is -2.31. The summed E-state index contributed by atoms with van der Waals surface area (Å²) in [5.74, 6) is -5.79. The molecule has 1 unspecified atom stereocenters. The summed E-state index contributed by atoms with van der Waals surface area (Å²) < 4.78 is 84.3. The van der Waals surface area contributed by atoms with Gasteiger partial charge < -0.3 is 4.74 Å². The van der Waals surface area contributed by atoms with Crippen LogP contribution in [0.25, 0.3) is 16.9 Å². The Bertz CT molecular complexity index is 1050. The number of halogens is 6. The van der Waals surface area contributed by atoms with E-state index in [4.69, 9.17) is 0 Å². The maximum absolute atomic E-state index is 14.1. The van der Waals surface area contributed by atoms with Crippen molar-refractivity contribution >= 4 is 5.65 Å². The molecule has 0 aromatic carbocycles. The molecule has 0 radical (unpaired) electrons. The smallest absolute Gasteiger partial charge is 0.425 e. The van der Waals surface area contributed by atoms with Crippen LogP contribution in [0.4, 0.5) is 26.3 Å². The van der Waals surface area contributed by atoms with Gasteiger partial charge in [-0.05, 0) is 13.0 Å². The summed E-state index contributed by atoms with van der Waals surface area (Å²) >= 11 is 0. The Morgan fingerprint density at radius 3 is 2.54 bits per heavy atom. The van der Waals surface area contributed by atoms with Crippen molar-refractivity contribution < 1.29 is 31.1 Å². The molecular formula is C16H11F6N5O. The molecule has 12 heteroatoms. The minimum Gasteiger partial charge on any atom is -0.463 e. The molecule has 2 atom stereocenters. The summed E-state index contributed by atoms with van der Waals surface area (Å²) in [4.78, 5) is 7.61. The fourth-order valence-electron chi connectivity index (χ4n) is 2.59. The zero-order valence-electron chi connectivity index (χ0n) is 14.1. The summed E-state index contributed by atoms with van der Waals surface area (Å²) in [5, 5.41) is 7.52. The fraction of sp³-hybridized carbons (Fsp3) is 0.375. The highest BCUT2D eigenvalue weighted by Gasteiger charge is 2.60.